The van der Waals surface area contributed by atoms with Gasteiger partial charge >= 0.3 is 5.97 Å². The molecule has 20 heavy (non-hydrogen) atoms. The molecule has 2 N–H and O–H groups in total. The first kappa shape index (κ1) is 14.3. The number of benzene rings is 1. The van der Waals surface area contributed by atoms with Crippen molar-refractivity contribution < 1.29 is 14.8 Å². The van der Waals surface area contributed by atoms with Gasteiger partial charge in [0.15, 0.2) is 0 Å². The van der Waals surface area contributed by atoms with Crippen LogP contribution in [0, 0.1) is 17.0 Å². The molecule has 1 aliphatic carbocycles. The predicted molar refractivity (Wildman–Crippen MR) is 75.3 cm³/mol. The number of nitrogens with one attached hydrogen (secondary N) is 1. The number of hydrogen-bond acceptors (Lipinski definition) is 4. The summed E-state index contributed by atoms with van der Waals surface area (Å²) in [5.74, 6) is -1.15. The zero-order valence-electron chi connectivity index (χ0n) is 11.4. The van der Waals surface area contributed by atoms with E-state index in [9.17, 15) is 14.9 Å². The Labute approximate surface area is 117 Å². The van der Waals surface area contributed by atoms with Gasteiger partial charge in [0, 0.05) is 23.4 Å². The molecule has 0 bridgehead atoms. The SMILES string of the molecule is Cc1c(NC2CCCCC2)cc(C(=O)O)cc1[N+](=O)[O-]. The number of hydrogen-bond donors (Lipinski definition) is 2. The topological polar surface area (TPSA) is 92.5 Å². The molecule has 1 saturated carbocycles. The van der Waals surface area contributed by atoms with Crippen molar-refractivity contribution in [1.82, 2.24) is 0 Å². The fraction of sp³-hybridized carbons (Fsp3) is 0.500. The normalized spacial score (nSPS) is 15.8. The van der Waals surface area contributed by atoms with Crippen LogP contribution in [0.5, 0.6) is 0 Å². The molecule has 1 fully saturated rings. The van der Waals surface area contributed by atoms with Crippen LogP contribution >= 0.6 is 0 Å². The number of nitrogens with zero attached hydrogens (tertiary/aromatic N) is 1. The second-order valence-corrected chi connectivity index (χ2v) is 5.21. The van der Waals surface area contributed by atoms with Crippen molar-refractivity contribution in [2.75, 3.05) is 5.32 Å². The smallest absolute Gasteiger partial charge is 0.336 e. The summed E-state index contributed by atoms with van der Waals surface area (Å²) in [5.41, 5.74) is 0.845. The van der Waals surface area contributed by atoms with Gasteiger partial charge in [-0.25, -0.2) is 4.79 Å². The lowest BCUT2D eigenvalue weighted by Gasteiger charge is -2.24. The number of nitro groups is 1. The van der Waals surface area contributed by atoms with E-state index in [0.717, 1.165) is 31.7 Å². The molecular weight excluding hydrogens is 260 g/mol. The second-order valence-electron chi connectivity index (χ2n) is 5.21. The number of carboxylic acids is 1. The average molecular weight is 278 g/mol. The summed E-state index contributed by atoms with van der Waals surface area (Å²) in [6.07, 6.45) is 5.52. The number of aromatic carboxylic acids is 1. The summed E-state index contributed by atoms with van der Waals surface area (Å²) in [7, 11) is 0. The molecule has 1 aromatic carbocycles. The van der Waals surface area contributed by atoms with Crippen LogP contribution in [0.4, 0.5) is 11.4 Å². The van der Waals surface area contributed by atoms with Gasteiger partial charge in [0.25, 0.3) is 5.69 Å². The van der Waals surface area contributed by atoms with Crippen molar-refractivity contribution in [2.24, 2.45) is 0 Å². The van der Waals surface area contributed by atoms with E-state index in [1.165, 1.54) is 12.5 Å². The minimum atomic E-state index is -1.15. The van der Waals surface area contributed by atoms with Crippen LogP contribution in [0.3, 0.4) is 0 Å². The van der Waals surface area contributed by atoms with Crippen LogP contribution in [0.25, 0.3) is 0 Å². The Hall–Kier alpha value is -2.11. The summed E-state index contributed by atoms with van der Waals surface area (Å²) in [4.78, 5) is 21.6. The lowest BCUT2D eigenvalue weighted by atomic mass is 9.95. The molecule has 0 heterocycles. The lowest BCUT2D eigenvalue weighted by molar-refractivity contribution is -0.385. The number of anilines is 1. The van der Waals surface area contributed by atoms with Crippen molar-refractivity contribution in [3.8, 4) is 0 Å². The molecule has 0 amide bonds. The van der Waals surface area contributed by atoms with Crippen molar-refractivity contribution in [3.05, 3.63) is 33.4 Å². The summed E-state index contributed by atoms with van der Waals surface area (Å²) >= 11 is 0. The molecule has 0 radical (unpaired) electrons. The van der Waals surface area contributed by atoms with E-state index in [1.807, 2.05) is 0 Å². The summed E-state index contributed by atoms with van der Waals surface area (Å²) in [6.45, 7) is 1.65. The molecule has 1 aromatic rings. The largest absolute Gasteiger partial charge is 0.478 e. The maximum atomic E-state index is 11.1. The van der Waals surface area contributed by atoms with Crippen LogP contribution in [0.1, 0.15) is 48.0 Å². The van der Waals surface area contributed by atoms with Crippen molar-refractivity contribution in [1.29, 1.82) is 0 Å². The van der Waals surface area contributed by atoms with Gasteiger partial charge in [0.2, 0.25) is 0 Å². The Morgan fingerprint density at radius 1 is 1.35 bits per heavy atom. The molecule has 0 saturated heterocycles. The Morgan fingerprint density at radius 2 is 2.00 bits per heavy atom. The molecule has 1 aliphatic rings. The van der Waals surface area contributed by atoms with Gasteiger partial charge in [0.1, 0.15) is 0 Å². The summed E-state index contributed by atoms with van der Waals surface area (Å²) < 4.78 is 0. The van der Waals surface area contributed by atoms with Crippen LogP contribution < -0.4 is 5.32 Å². The number of carbonyl (C=O) groups is 1. The average Bonchev–Trinajstić information content (AvgIpc) is 2.41. The Morgan fingerprint density at radius 3 is 2.55 bits per heavy atom. The van der Waals surface area contributed by atoms with Gasteiger partial charge in [-0.15, -0.1) is 0 Å². The lowest BCUT2D eigenvalue weighted by Crippen LogP contribution is -2.23. The Kier molecular flexibility index (Phi) is 4.22. The first-order chi connectivity index (χ1) is 9.49. The van der Waals surface area contributed by atoms with Crippen LogP contribution in [0.15, 0.2) is 12.1 Å². The molecule has 0 unspecified atom stereocenters. The van der Waals surface area contributed by atoms with Gasteiger partial charge in [0.05, 0.1) is 10.5 Å². The minimum Gasteiger partial charge on any atom is -0.478 e. The van der Waals surface area contributed by atoms with Gasteiger partial charge < -0.3 is 10.4 Å². The third kappa shape index (κ3) is 3.07. The van der Waals surface area contributed by atoms with Crippen LogP contribution in [-0.2, 0) is 0 Å². The van der Waals surface area contributed by atoms with E-state index >= 15 is 0 Å². The molecule has 6 heteroatoms. The monoisotopic (exact) mass is 278 g/mol. The minimum absolute atomic E-state index is 0.0550. The van der Waals surface area contributed by atoms with Gasteiger partial charge in [-0.3, -0.25) is 10.1 Å². The Balaban J connectivity index is 2.34. The quantitative estimate of drug-likeness (QED) is 0.650. The predicted octanol–water partition coefficient (Wildman–Crippen LogP) is 3.35. The van der Waals surface area contributed by atoms with Crippen LogP contribution in [-0.4, -0.2) is 22.0 Å². The third-order valence-electron chi connectivity index (χ3n) is 3.79. The summed E-state index contributed by atoms with van der Waals surface area (Å²) in [5, 5.41) is 23.4. The molecule has 0 spiro atoms. The molecule has 0 atom stereocenters. The molecule has 2 rings (SSSR count). The standard InChI is InChI=1S/C14H18N2O4/c1-9-12(15-11-5-3-2-4-6-11)7-10(14(17)18)8-13(9)16(19)20/h7-8,11,15H,2-6H2,1H3,(H,17,18). The Bertz CT molecular complexity index is 536. The number of nitro benzene ring substituents is 1. The van der Waals surface area contributed by atoms with Gasteiger partial charge in [-0.05, 0) is 25.8 Å². The van der Waals surface area contributed by atoms with Gasteiger partial charge in [-0.1, -0.05) is 19.3 Å². The van der Waals surface area contributed by atoms with Crippen molar-refractivity contribution >= 4 is 17.3 Å². The van der Waals surface area contributed by atoms with E-state index in [4.69, 9.17) is 5.11 Å². The van der Waals surface area contributed by atoms with Gasteiger partial charge in [-0.2, -0.15) is 0 Å². The van der Waals surface area contributed by atoms with E-state index in [1.54, 1.807) is 6.92 Å². The number of carboxylic acid groups (broad SMARTS) is 1. The van der Waals surface area contributed by atoms with E-state index < -0.39 is 10.9 Å². The molecule has 108 valence electrons. The first-order valence-electron chi connectivity index (χ1n) is 6.78. The second kappa shape index (κ2) is 5.90. The fourth-order valence-corrected chi connectivity index (χ4v) is 2.63. The molecule has 6 nitrogen and oxygen atoms in total. The highest BCUT2D eigenvalue weighted by molar-refractivity contribution is 5.90. The fourth-order valence-electron chi connectivity index (χ4n) is 2.63. The van der Waals surface area contributed by atoms with Crippen molar-refractivity contribution in [3.63, 3.8) is 0 Å². The first-order valence-corrected chi connectivity index (χ1v) is 6.78. The highest BCUT2D eigenvalue weighted by atomic mass is 16.6. The molecule has 0 aromatic heterocycles. The van der Waals surface area contributed by atoms with E-state index in [-0.39, 0.29) is 17.3 Å². The molecule has 0 aliphatic heterocycles. The zero-order chi connectivity index (χ0) is 14.7. The van der Waals surface area contributed by atoms with E-state index in [0.29, 0.717) is 11.3 Å². The molecular formula is C14H18N2O4. The van der Waals surface area contributed by atoms with Crippen LogP contribution in [0.2, 0.25) is 0 Å². The highest BCUT2D eigenvalue weighted by Gasteiger charge is 2.21. The maximum absolute atomic E-state index is 11.1. The van der Waals surface area contributed by atoms with E-state index in [2.05, 4.69) is 5.32 Å². The third-order valence-corrected chi connectivity index (χ3v) is 3.79. The summed E-state index contributed by atoms with van der Waals surface area (Å²) in [6, 6.07) is 2.87. The number of rotatable bonds is 4. The maximum Gasteiger partial charge on any atom is 0.336 e. The van der Waals surface area contributed by atoms with Crippen molar-refractivity contribution in [2.45, 2.75) is 45.1 Å². The zero-order valence-corrected chi connectivity index (χ0v) is 11.4. The highest BCUT2D eigenvalue weighted by Crippen LogP contribution is 2.30.